The minimum absolute atomic E-state index is 0.0870. The molecule has 7 heteroatoms. The fraction of sp³-hybridized carbons (Fsp3) is 0.150. The number of aromatic nitrogens is 2. The lowest BCUT2D eigenvalue weighted by molar-refractivity contribution is 0.0950. The SMILES string of the molecule is Cc1cc(C)c(Nc2ncc(C(=O)NCc3ccccc3F)cn2)c(Cl)c1. The van der Waals surface area contributed by atoms with Crippen molar-refractivity contribution < 1.29 is 9.18 Å². The first kappa shape index (κ1) is 18.8. The van der Waals surface area contributed by atoms with Gasteiger partial charge in [-0.05, 0) is 37.1 Å². The van der Waals surface area contributed by atoms with Crippen molar-refractivity contribution in [1.82, 2.24) is 15.3 Å². The number of nitrogens with zero attached hydrogens (tertiary/aromatic N) is 2. The summed E-state index contributed by atoms with van der Waals surface area (Å²) in [4.78, 5) is 20.5. The van der Waals surface area contributed by atoms with Gasteiger partial charge in [0.2, 0.25) is 5.95 Å². The molecule has 0 aliphatic heterocycles. The van der Waals surface area contributed by atoms with Gasteiger partial charge >= 0.3 is 0 Å². The van der Waals surface area contributed by atoms with Crippen molar-refractivity contribution in [2.75, 3.05) is 5.32 Å². The normalized spacial score (nSPS) is 10.5. The van der Waals surface area contributed by atoms with Crippen LogP contribution in [0.5, 0.6) is 0 Å². The van der Waals surface area contributed by atoms with Crippen LogP contribution in [0.15, 0.2) is 48.8 Å². The molecule has 2 N–H and O–H groups in total. The lowest BCUT2D eigenvalue weighted by Gasteiger charge is -2.11. The van der Waals surface area contributed by atoms with E-state index in [2.05, 4.69) is 20.6 Å². The lowest BCUT2D eigenvalue weighted by Crippen LogP contribution is -2.23. The van der Waals surface area contributed by atoms with Crippen LogP contribution in [0.25, 0.3) is 0 Å². The maximum atomic E-state index is 13.6. The molecule has 2 aromatic carbocycles. The van der Waals surface area contributed by atoms with Gasteiger partial charge in [-0.2, -0.15) is 0 Å². The van der Waals surface area contributed by atoms with Crippen molar-refractivity contribution >= 4 is 29.1 Å². The van der Waals surface area contributed by atoms with Crippen LogP contribution < -0.4 is 10.6 Å². The van der Waals surface area contributed by atoms with Gasteiger partial charge in [-0.3, -0.25) is 4.79 Å². The van der Waals surface area contributed by atoms with E-state index in [0.29, 0.717) is 16.5 Å². The molecule has 0 radical (unpaired) electrons. The molecule has 1 amide bonds. The van der Waals surface area contributed by atoms with Gasteiger partial charge in [0.25, 0.3) is 5.91 Å². The highest BCUT2D eigenvalue weighted by atomic mass is 35.5. The van der Waals surface area contributed by atoms with Crippen molar-refractivity contribution in [2.24, 2.45) is 0 Å². The monoisotopic (exact) mass is 384 g/mol. The molecule has 3 aromatic rings. The average molecular weight is 385 g/mol. The molecular formula is C20H18ClFN4O. The van der Waals surface area contributed by atoms with E-state index in [1.54, 1.807) is 18.2 Å². The topological polar surface area (TPSA) is 66.9 Å². The number of nitrogens with one attached hydrogen (secondary N) is 2. The van der Waals surface area contributed by atoms with Crippen molar-refractivity contribution in [2.45, 2.75) is 20.4 Å². The molecule has 27 heavy (non-hydrogen) atoms. The minimum Gasteiger partial charge on any atom is -0.348 e. The zero-order chi connectivity index (χ0) is 19.4. The van der Waals surface area contributed by atoms with E-state index < -0.39 is 0 Å². The molecule has 0 bridgehead atoms. The molecule has 1 aromatic heterocycles. The van der Waals surface area contributed by atoms with E-state index in [1.807, 2.05) is 26.0 Å². The second kappa shape index (κ2) is 8.14. The fourth-order valence-corrected chi connectivity index (χ4v) is 2.98. The lowest BCUT2D eigenvalue weighted by atomic mass is 10.1. The highest BCUT2D eigenvalue weighted by molar-refractivity contribution is 6.33. The predicted molar refractivity (Wildman–Crippen MR) is 104 cm³/mol. The Kier molecular flexibility index (Phi) is 5.66. The fourth-order valence-electron chi connectivity index (χ4n) is 2.62. The predicted octanol–water partition coefficient (Wildman–Crippen LogP) is 4.56. The second-order valence-electron chi connectivity index (χ2n) is 6.13. The Balaban J connectivity index is 1.66. The van der Waals surface area contributed by atoms with Crippen molar-refractivity contribution in [3.8, 4) is 0 Å². The van der Waals surface area contributed by atoms with E-state index in [-0.39, 0.29) is 23.8 Å². The Hall–Kier alpha value is -2.99. The summed E-state index contributed by atoms with van der Waals surface area (Å²) >= 11 is 6.27. The molecule has 0 atom stereocenters. The summed E-state index contributed by atoms with van der Waals surface area (Å²) in [5.74, 6) is -0.414. The molecule has 1 heterocycles. The third-order valence-corrected chi connectivity index (χ3v) is 4.28. The number of benzene rings is 2. The number of carbonyl (C=O) groups excluding carboxylic acids is 1. The number of halogens is 2. The summed E-state index contributed by atoms with van der Waals surface area (Å²) in [7, 11) is 0. The molecule has 0 saturated heterocycles. The van der Waals surface area contributed by atoms with Gasteiger partial charge < -0.3 is 10.6 Å². The first-order chi connectivity index (χ1) is 12.9. The van der Waals surface area contributed by atoms with Gasteiger partial charge in [0, 0.05) is 24.5 Å². The molecule has 0 spiro atoms. The van der Waals surface area contributed by atoms with Crippen LogP contribution in [-0.2, 0) is 6.54 Å². The van der Waals surface area contributed by atoms with Crippen LogP contribution in [0.3, 0.4) is 0 Å². The Morgan fingerprint density at radius 2 is 1.85 bits per heavy atom. The molecule has 5 nitrogen and oxygen atoms in total. The Morgan fingerprint density at radius 3 is 2.52 bits per heavy atom. The standard InChI is InChI=1S/C20H18ClFN4O/c1-12-7-13(2)18(16(21)8-12)26-20-24-10-15(11-25-20)19(27)23-9-14-5-3-4-6-17(14)22/h3-8,10-11H,9H2,1-2H3,(H,23,27)(H,24,25,26). The van der Waals surface area contributed by atoms with Gasteiger partial charge in [0.05, 0.1) is 16.3 Å². The molecule has 0 saturated carbocycles. The number of aryl methyl sites for hydroxylation is 2. The van der Waals surface area contributed by atoms with Crippen LogP contribution in [0.4, 0.5) is 16.0 Å². The molecular weight excluding hydrogens is 367 g/mol. The zero-order valence-corrected chi connectivity index (χ0v) is 15.6. The number of amides is 1. The van der Waals surface area contributed by atoms with Gasteiger partial charge in [-0.1, -0.05) is 35.9 Å². The Bertz CT molecular complexity index is 953. The van der Waals surface area contributed by atoms with Crippen molar-refractivity contribution in [3.63, 3.8) is 0 Å². The van der Waals surface area contributed by atoms with E-state index in [9.17, 15) is 9.18 Å². The number of carbonyl (C=O) groups is 1. The van der Waals surface area contributed by atoms with Crippen LogP contribution in [0.2, 0.25) is 5.02 Å². The number of anilines is 2. The Labute approximate surface area is 161 Å². The van der Waals surface area contributed by atoms with E-state index >= 15 is 0 Å². The number of rotatable bonds is 5. The Morgan fingerprint density at radius 1 is 1.15 bits per heavy atom. The minimum atomic E-state index is -0.380. The first-order valence-electron chi connectivity index (χ1n) is 8.31. The third kappa shape index (κ3) is 4.60. The largest absolute Gasteiger partial charge is 0.348 e. The summed E-state index contributed by atoms with van der Waals surface area (Å²) in [5.41, 5.74) is 3.44. The van der Waals surface area contributed by atoms with Gasteiger partial charge in [0.15, 0.2) is 0 Å². The zero-order valence-electron chi connectivity index (χ0n) is 14.9. The van der Waals surface area contributed by atoms with Crippen LogP contribution >= 0.6 is 11.6 Å². The summed E-state index contributed by atoms with van der Waals surface area (Å²) in [6.07, 6.45) is 2.81. The summed E-state index contributed by atoms with van der Waals surface area (Å²) < 4.78 is 13.6. The van der Waals surface area contributed by atoms with Gasteiger partial charge in [0.1, 0.15) is 5.82 Å². The molecule has 0 unspecified atom stereocenters. The van der Waals surface area contributed by atoms with E-state index in [4.69, 9.17) is 11.6 Å². The second-order valence-corrected chi connectivity index (χ2v) is 6.54. The maximum Gasteiger partial charge on any atom is 0.254 e. The summed E-state index contributed by atoms with van der Waals surface area (Å²) in [5, 5.41) is 6.28. The number of hydrogen-bond acceptors (Lipinski definition) is 4. The van der Waals surface area contributed by atoms with Gasteiger partial charge in [-0.25, -0.2) is 14.4 Å². The summed E-state index contributed by atoms with van der Waals surface area (Å²) in [6, 6.07) is 10.1. The highest BCUT2D eigenvalue weighted by Crippen LogP contribution is 2.29. The van der Waals surface area contributed by atoms with Crippen LogP contribution in [0.1, 0.15) is 27.0 Å². The molecule has 0 aliphatic rings. The molecule has 138 valence electrons. The maximum absolute atomic E-state index is 13.6. The summed E-state index contributed by atoms with van der Waals surface area (Å²) in [6.45, 7) is 3.99. The smallest absolute Gasteiger partial charge is 0.254 e. The van der Waals surface area contributed by atoms with Gasteiger partial charge in [-0.15, -0.1) is 0 Å². The van der Waals surface area contributed by atoms with Crippen molar-refractivity contribution in [1.29, 1.82) is 0 Å². The van der Waals surface area contributed by atoms with E-state index in [1.165, 1.54) is 18.5 Å². The quantitative estimate of drug-likeness (QED) is 0.676. The molecule has 3 rings (SSSR count). The molecule has 0 aliphatic carbocycles. The van der Waals surface area contributed by atoms with Crippen LogP contribution in [-0.4, -0.2) is 15.9 Å². The van der Waals surface area contributed by atoms with E-state index in [0.717, 1.165) is 16.8 Å². The highest BCUT2D eigenvalue weighted by Gasteiger charge is 2.11. The first-order valence-corrected chi connectivity index (χ1v) is 8.69. The van der Waals surface area contributed by atoms with Crippen molar-refractivity contribution in [3.05, 3.63) is 81.9 Å². The average Bonchev–Trinajstić information content (AvgIpc) is 2.64. The number of hydrogen-bond donors (Lipinski definition) is 2. The van der Waals surface area contributed by atoms with Crippen LogP contribution in [0, 0.1) is 19.7 Å². The molecule has 0 fully saturated rings. The third-order valence-electron chi connectivity index (χ3n) is 3.98.